The van der Waals surface area contributed by atoms with Gasteiger partial charge in [-0.1, -0.05) is 0 Å². The summed E-state index contributed by atoms with van der Waals surface area (Å²) in [5, 5.41) is 0. The van der Waals surface area contributed by atoms with Gasteiger partial charge in [-0.25, -0.2) is 0 Å². The summed E-state index contributed by atoms with van der Waals surface area (Å²) in [6.45, 7) is 0. The Labute approximate surface area is 63.9 Å². The Balaban J connectivity index is 0.000000490. The quantitative estimate of drug-likeness (QED) is 0.587. The third-order valence-corrected chi connectivity index (χ3v) is 1.92. The van der Waals surface area contributed by atoms with Crippen molar-refractivity contribution in [3.05, 3.63) is 30.3 Å². The van der Waals surface area contributed by atoms with Crippen molar-refractivity contribution in [3.8, 4) is 0 Å². The summed E-state index contributed by atoms with van der Waals surface area (Å²) in [6.07, 6.45) is 0. The molecular weight excluding hydrogens is 297 g/mol. The third-order valence-electron chi connectivity index (χ3n) is 0.756. The second kappa shape index (κ2) is 3.99. The molecule has 42 valence electrons. The Bertz CT molecular complexity index is 138. The summed E-state index contributed by atoms with van der Waals surface area (Å²) in [4.78, 5) is 0. The Morgan fingerprint density at radius 3 is 1.75 bits per heavy atom. The molecule has 0 aliphatic rings. The van der Waals surface area contributed by atoms with Crippen LogP contribution in [0.5, 0.6) is 0 Å². The molecule has 0 saturated carbocycles. The fraction of sp³-hybridized carbons (Fsp3) is 0. The van der Waals surface area contributed by atoms with E-state index < -0.39 is 0 Å². The van der Waals surface area contributed by atoms with Crippen LogP contribution in [0.25, 0.3) is 0 Å². The van der Waals surface area contributed by atoms with Crippen LogP contribution in [-0.4, -0.2) is 30.2 Å². The maximum atomic E-state index is 2.13. The van der Waals surface area contributed by atoms with Gasteiger partial charge in [0.15, 0.2) is 0 Å². The molecule has 0 bridgehead atoms. The SMILES string of the molecule is O.[Bi][c]1ccccc1. The van der Waals surface area contributed by atoms with Crippen LogP contribution in [0.15, 0.2) is 30.3 Å². The van der Waals surface area contributed by atoms with Gasteiger partial charge in [-0.15, -0.1) is 0 Å². The summed E-state index contributed by atoms with van der Waals surface area (Å²) < 4.78 is 1.43. The van der Waals surface area contributed by atoms with E-state index in [-0.39, 0.29) is 5.48 Å². The molecule has 2 N–H and O–H groups in total. The molecule has 2 radical (unpaired) electrons. The summed E-state index contributed by atoms with van der Waals surface area (Å²) in [7, 11) is 0. The van der Waals surface area contributed by atoms with Crippen molar-refractivity contribution in [2.24, 2.45) is 0 Å². The molecule has 0 heterocycles. The van der Waals surface area contributed by atoms with E-state index in [0.717, 1.165) is 0 Å². The van der Waals surface area contributed by atoms with Crippen LogP contribution >= 0.6 is 0 Å². The summed E-state index contributed by atoms with van der Waals surface area (Å²) >= 11 is 1.36. The number of hydrogen-bond acceptors (Lipinski definition) is 0. The third kappa shape index (κ3) is 2.39. The average molecular weight is 304 g/mol. The predicted molar refractivity (Wildman–Crippen MR) is 35.4 cm³/mol. The van der Waals surface area contributed by atoms with Gasteiger partial charge in [0.25, 0.3) is 0 Å². The molecule has 0 aliphatic carbocycles. The van der Waals surface area contributed by atoms with Gasteiger partial charge in [0, 0.05) is 0 Å². The van der Waals surface area contributed by atoms with Gasteiger partial charge in [-0.05, 0) is 0 Å². The Hall–Kier alpha value is 0.0631. The average Bonchev–Trinajstić information content (AvgIpc) is 1.69. The minimum atomic E-state index is 0. The molecule has 1 aromatic rings. The van der Waals surface area contributed by atoms with E-state index in [2.05, 4.69) is 24.3 Å². The Morgan fingerprint density at radius 2 is 1.50 bits per heavy atom. The molecule has 1 aromatic carbocycles. The monoisotopic (exact) mass is 304 g/mol. The zero-order valence-electron chi connectivity index (χ0n) is 4.33. The van der Waals surface area contributed by atoms with Crippen LogP contribution in [0.1, 0.15) is 0 Å². The van der Waals surface area contributed by atoms with Gasteiger partial charge in [0.05, 0.1) is 0 Å². The summed E-state index contributed by atoms with van der Waals surface area (Å²) in [5.74, 6) is 0. The second-order valence-corrected chi connectivity index (χ2v) is 3.34. The fourth-order valence-electron chi connectivity index (χ4n) is 0.428. The van der Waals surface area contributed by atoms with Crippen LogP contribution in [0.4, 0.5) is 0 Å². The van der Waals surface area contributed by atoms with Crippen molar-refractivity contribution in [1.82, 2.24) is 0 Å². The topological polar surface area (TPSA) is 31.5 Å². The van der Waals surface area contributed by atoms with E-state index in [1.165, 1.54) is 28.0 Å². The van der Waals surface area contributed by atoms with E-state index in [1.54, 1.807) is 0 Å². The minimum absolute atomic E-state index is 0. The standard InChI is InChI=1S/C6H5.Bi.H2O/c1-2-4-6-5-3-1;;/h1-5H;;1H2. The molecule has 2 heteroatoms. The molecule has 0 fully saturated rings. The van der Waals surface area contributed by atoms with Gasteiger partial charge in [0.1, 0.15) is 0 Å². The first-order chi connectivity index (χ1) is 3.39. The molecule has 8 heavy (non-hydrogen) atoms. The van der Waals surface area contributed by atoms with E-state index in [0.29, 0.717) is 0 Å². The van der Waals surface area contributed by atoms with Crippen molar-refractivity contribution < 1.29 is 5.48 Å². The molecular formula is C6H7BiO. The van der Waals surface area contributed by atoms with E-state index in [4.69, 9.17) is 0 Å². The van der Waals surface area contributed by atoms with Crippen LogP contribution in [-0.2, 0) is 0 Å². The fourth-order valence-corrected chi connectivity index (χ4v) is 1.10. The first-order valence-electron chi connectivity index (χ1n) is 2.13. The van der Waals surface area contributed by atoms with Gasteiger partial charge < -0.3 is 5.48 Å². The molecule has 0 spiro atoms. The number of benzene rings is 1. The van der Waals surface area contributed by atoms with E-state index >= 15 is 0 Å². The van der Waals surface area contributed by atoms with Crippen LogP contribution in [0.2, 0.25) is 0 Å². The molecule has 1 rings (SSSR count). The van der Waals surface area contributed by atoms with Crippen molar-refractivity contribution >= 4 is 28.0 Å². The molecule has 0 unspecified atom stereocenters. The van der Waals surface area contributed by atoms with Crippen LogP contribution < -0.4 is 3.27 Å². The molecule has 0 amide bonds. The molecule has 0 aromatic heterocycles. The molecule has 0 saturated heterocycles. The van der Waals surface area contributed by atoms with Crippen molar-refractivity contribution in [3.63, 3.8) is 0 Å². The van der Waals surface area contributed by atoms with Crippen LogP contribution in [0, 0.1) is 0 Å². The summed E-state index contributed by atoms with van der Waals surface area (Å²) in [6, 6.07) is 10.4. The van der Waals surface area contributed by atoms with Gasteiger partial charge in [-0.2, -0.15) is 0 Å². The predicted octanol–water partition coefficient (Wildman–Crippen LogP) is -0.344. The number of hydrogen-bond donors (Lipinski definition) is 0. The maximum absolute atomic E-state index is 2.13. The van der Waals surface area contributed by atoms with Crippen molar-refractivity contribution in [2.75, 3.05) is 0 Å². The first kappa shape index (κ1) is 8.06. The zero-order chi connectivity index (χ0) is 5.11. The normalized spacial score (nSPS) is 7.62. The van der Waals surface area contributed by atoms with Crippen molar-refractivity contribution in [2.45, 2.75) is 0 Å². The van der Waals surface area contributed by atoms with E-state index in [9.17, 15) is 0 Å². The van der Waals surface area contributed by atoms with E-state index in [1.807, 2.05) is 6.07 Å². The second-order valence-electron chi connectivity index (χ2n) is 1.34. The molecule has 0 aliphatic heterocycles. The Kier molecular flexibility index (Phi) is 4.03. The molecule has 0 atom stereocenters. The van der Waals surface area contributed by atoms with Gasteiger partial charge in [0.2, 0.25) is 0 Å². The van der Waals surface area contributed by atoms with Gasteiger partial charge in [-0.3, -0.25) is 0 Å². The zero-order valence-corrected chi connectivity index (χ0v) is 7.81. The van der Waals surface area contributed by atoms with Crippen molar-refractivity contribution in [1.29, 1.82) is 0 Å². The first-order valence-corrected chi connectivity index (χ1v) is 3.87. The molecule has 1 nitrogen and oxygen atoms in total. The number of rotatable bonds is 0. The van der Waals surface area contributed by atoms with Crippen LogP contribution in [0.3, 0.4) is 0 Å². The Morgan fingerprint density at radius 1 is 1.00 bits per heavy atom. The van der Waals surface area contributed by atoms with Gasteiger partial charge >= 0.3 is 58.3 Å². The summed E-state index contributed by atoms with van der Waals surface area (Å²) in [5.41, 5.74) is 0.